The third-order valence-electron chi connectivity index (χ3n) is 2.77. The van der Waals surface area contributed by atoms with E-state index in [1.165, 1.54) is 5.56 Å². The Balaban J connectivity index is 1.93. The van der Waals surface area contributed by atoms with Gasteiger partial charge in [0, 0.05) is 22.9 Å². The lowest BCUT2D eigenvalue weighted by molar-refractivity contribution is 0.820. The number of rotatable bonds is 4. The average Bonchev–Trinajstić information content (AvgIpc) is 2.38. The number of aryl methyl sites for hydroxylation is 1. The third-order valence-corrected chi connectivity index (χ3v) is 3.30. The van der Waals surface area contributed by atoms with Crippen LogP contribution in [0.15, 0.2) is 47.1 Å². The first-order chi connectivity index (χ1) is 8.65. The molecule has 0 amide bonds. The zero-order valence-corrected chi connectivity index (χ0v) is 11.9. The molecule has 3 nitrogen and oxygen atoms in total. The van der Waals surface area contributed by atoms with Gasteiger partial charge < -0.3 is 5.01 Å². The molecule has 0 fully saturated rings. The summed E-state index contributed by atoms with van der Waals surface area (Å²) in [6.45, 7) is 2.76. The zero-order valence-electron chi connectivity index (χ0n) is 10.3. The maximum atomic E-state index is 6.02. The number of benzene rings is 1. The van der Waals surface area contributed by atoms with Gasteiger partial charge in [0.25, 0.3) is 0 Å². The Morgan fingerprint density at radius 2 is 1.89 bits per heavy atom. The van der Waals surface area contributed by atoms with Crippen LogP contribution in [0.5, 0.6) is 0 Å². The smallest absolute Gasteiger partial charge is 0.0518 e. The largest absolute Gasteiger partial charge is 0.311 e. The number of hydrogen-bond acceptors (Lipinski definition) is 3. The minimum Gasteiger partial charge on any atom is -0.311 e. The molecular weight excluding hydrogens is 290 g/mol. The van der Waals surface area contributed by atoms with Crippen molar-refractivity contribution in [3.05, 3.63) is 58.3 Å². The molecule has 0 aliphatic heterocycles. The van der Waals surface area contributed by atoms with E-state index in [1.54, 1.807) is 5.01 Å². The second kappa shape index (κ2) is 5.98. The lowest BCUT2D eigenvalue weighted by Crippen LogP contribution is -2.32. The Labute approximate surface area is 116 Å². The summed E-state index contributed by atoms with van der Waals surface area (Å²) in [6.07, 6.45) is 2.80. The maximum absolute atomic E-state index is 6.02. The van der Waals surface area contributed by atoms with Crippen LogP contribution in [0, 0.1) is 6.92 Å². The van der Waals surface area contributed by atoms with Gasteiger partial charge in [0.15, 0.2) is 0 Å². The fourth-order valence-electron chi connectivity index (χ4n) is 1.66. The van der Waals surface area contributed by atoms with Crippen LogP contribution in [0.1, 0.15) is 11.3 Å². The van der Waals surface area contributed by atoms with Gasteiger partial charge in [-0.3, -0.25) is 4.98 Å². The van der Waals surface area contributed by atoms with Gasteiger partial charge in [-0.25, -0.2) is 5.84 Å². The van der Waals surface area contributed by atoms with E-state index in [1.807, 2.05) is 43.5 Å². The quantitative estimate of drug-likeness (QED) is 0.697. The molecule has 1 aromatic heterocycles. The molecule has 94 valence electrons. The van der Waals surface area contributed by atoms with Crippen LogP contribution in [0.2, 0.25) is 0 Å². The topological polar surface area (TPSA) is 42.1 Å². The van der Waals surface area contributed by atoms with Crippen molar-refractivity contribution in [2.45, 2.75) is 13.3 Å². The molecule has 2 rings (SSSR count). The third kappa shape index (κ3) is 3.55. The van der Waals surface area contributed by atoms with E-state index in [0.29, 0.717) is 0 Å². The SMILES string of the molecule is Cc1ccc(CCN(N)c2ccc(Br)cc2)cn1. The number of aromatic nitrogens is 1. The van der Waals surface area contributed by atoms with Gasteiger partial charge >= 0.3 is 0 Å². The molecule has 1 aromatic carbocycles. The van der Waals surface area contributed by atoms with Crippen molar-refractivity contribution in [3.63, 3.8) is 0 Å². The molecule has 0 aliphatic rings. The van der Waals surface area contributed by atoms with Crippen molar-refractivity contribution in [2.75, 3.05) is 11.6 Å². The predicted octanol–water partition coefficient (Wildman–Crippen LogP) is 3.08. The highest BCUT2D eigenvalue weighted by Crippen LogP contribution is 2.16. The molecule has 0 bridgehead atoms. The van der Waals surface area contributed by atoms with E-state index in [9.17, 15) is 0 Å². The number of pyridine rings is 1. The second-order valence-corrected chi connectivity index (χ2v) is 5.14. The summed E-state index contributed by atoms with van der Waals surface area (Å²) < 4.78 is 1.06. The number of halogens is 1. The molecule has 2 N–H and O–H groups in total. The predicted molar refractivity (Wildman–Crippen MR) is 78.4 cm³/mol. The summed E-state index contributed by atoms with van der Waals surface area (Å²) in [5, 5.41) is 1.76. The van der Waals surface area contributed by atoms with E-state index in [-0.39, 0.29) is 0 Å². The first kappa shape index (κ1) is 13.1. The zero-order chi connectivity index (χ0) is 13.0. The van der Waals surface area contributed by atoms with Crippen molar-refractivity contribution in [1.29, 1.82) is 0 Å². The summed E-state index contributed by atoms with van der Waals surface area (Å²) in [6, 6.07) is 12.1. The van der Waals surface area contributed by atoms with E-state index in [2.05, 4.69) is 27.0 Å². The molecule has 1 heterocycles. The number of nitrogens with two attached hydrogens (primary N) is 1. The van der Waals surface area contributed by atoms with Gasteiger partial charge in [0.1, 0.15) is 0 Å². The Hall–Kier alpha value is -1.39. The fourth-order valence-corrected chi connectivity index (χ4v) is 1.92. The number of nitrogens with zero attached hydrogens (tertiary/aromatic N) is 2. The highest BCUT2D eigenvalue weighted by Gasteiger charge is 2.02. The average molecular weight is 306 g/mol. The molecule has 0 spiro atoms. The molecule has 18 heavy (non-hydrogen) atoms. The minimum absolute atomic E-state index is 0.770. The van der Waals surface area contributed by atoms with Crippen molar-refractivity contribution in [3.8, 4) is 0 Å². The van der Waals surface area contributed by atoms with Crippen LogP contribution >= 0.6 is 15.9 Å². The van der Waals surface area contributed by atoms with Gasteiger partial charge in [-0.05, 0) is 49.2 Å². The van der Waals surface area contributed by atoms with Gasteiger partial charge in [0.05, 0.1) is 5.69 Å². The number of hydrazine groups is 1. The maximum Gasteiger partial charge on any atom is 0.0518 e. The molecule has 0 unspecified atom stereocenters. The Morgan fingerprint density at radius 3 is 2.50 bits per heavy atom. The van der Waals surface area contributed by atoms with Crippen LogP contribution in [-0.2, 0) is 6.42 Å². The van der Waals surface area contributed by atoms with Gasteiger partial charge in [0.2, 0.25) is 0 Å². The van der Waals surface area contributed by atoms with Gasteiger partial charge in [-0.1, -0.05) is 22.0 Å². The van der Waals surface area contributed by atoms with Crippen molar-refractivity contribution in [1.82, 2.24) is 4.98 Å². The normalized spacial score (nSPS) is 10.4. The Bertz CT molecular complexity index is 493. The molecule has 0 saturated carbocycles. The van der Waals surface area contributed by atoms with Crippen LogP contribution in [-0.4, -0.2) is 11.5 Å². The molecule has 4 heteroatoms. The van der Waals surface area contributed by atoms with Gasteiger partial charge in [-0.2, -0.15) is 0 Å². The molecule has 0 radical (unpaired) electrons. The summed E-state index contributed by atoms with van der Waals surface area (Å²) in [7, 11) is 0. The van der Waals surface area contributed by atoms with Crippen LogP contribution < -0.4 is 10.9 Å². The highest BCUT2D eigenvalue weighted by atomic mass is 79.9. The van der Waals surface area contributed by atoms with E-state index in [4.69, 9.17) is 5.84 Å². The van der Waals surface area contributed by atoms with Crippen LogP contribution in [0.4, 0.5) is 5.69 Å². The number of anilines is 1. The van der Waals surface area contributed by atoms with E-state index < -0.39 is 0 Å². The minimum atomic E-state index is 0.770. The first-order valence-electron chi connectivity index (χ1n) is 5.84. The summed E-state index contributed by atoms with van der Waals surface area (Å²) in [4.78, 5) is 4.28. The standard InChI is InChI=1S/C14H16BrN3/c1-11-2-3-12(10-17-11)8-9-18(16)14-6-4-13(15)5-7-14/h2-7,10H,8-9,16H2,1H3. The first-order valence-corrected chi connectivity index (χ1v) is 6.64. The fraction of sp³-hybridized carbons (Fsp3) is 0.214. The van der Waals surface area contributed by atoms with Crippen LogP contribution in [0.25, 0.3) is 0 Å². The van der Waals surface area contributed by atoms with Crippen LogP contribution in [0.3, 0.4) is 0 Å². The van der Waals surface area contributed by atoms with Crippen molar-refractivity contribution in [2.24, 2.45) is 5.84 Å². The monoisotopic (exact) mass is 305 g/mol. The highest BCUT2D eigenvalue weighted by molar-refractivity contribution is 9.10. The Kier molecular flexibility index (Phi) is 4.33. The summed E-state index contributed by atoms with van der Waals surface area (Å²) in [5.74, 6) is 6.02. The number of hydrogen-bond donors (Lipinski definition) is 1. The molecule has 0 saturated heterocycles. The molecular formula is C14H16BrN3. The van der Waals surface area contributed by atoms with E-state index >= 15 is 0 Å². The Morgan fingerprint density at radius 1 is 1.17 bits per heavy atom. The van der Waals surface area contributed by atoms with Gasteiger partial charge in [-0.15, -0.1) is 0 Å². The lowest BCUT2D eigenvalue weighted by Gasteiger charge is -2.18. The molecule has 2 aromatic rings. The molecule has 0 atom stereocenters. The summed E-state index contributed by atoms with van der Waals surface area (Å²) >= 11 is 3.41. The molecule has 0 aliphatic carbocycles. The summed E-state index contributed by atoms with van der Waals surface area (Å²) in [5.41, 5.74) is 3.25. The second-order valence-electron chi connectivity index (χ2n) is 4.23. The lowest BCUT2D eigenvalue weighted by atomic mass is 10.2. The van der Waals surface area contributed by atoms with Crippen molar-refractivity contribution < 1.29 is 0 Å². The van der Waals surface area contributed by atoms with E-state index in [0.717, 1.165) is 28.8 Å². The van der Waals surface area contributed by atoms with Crippen molar-refractivity contribution >= 4 is 21.6 Å².